The van der Waals surface area contributed by atoms with Gasteiger partial charge in [-0.2, -0.15) is 0 Å². The number of allylic oxidation sites excluding steroid dienone is 4. The molecule has 64 valence electrons. The van der Waals surface area contributed by atoms with E-state index in [-0.39, 0.29) is 0 Å². The Labute approximate surface area is 68.8 Å². The van der Waals surface area contributed by atoms with Gasteiger partial charge in [-0.3, -0.25) is 0 Å². The summed E-state index contributed by atoms with van der Waals surface area (Å²) in [5.74, 6) is 0. The van der Waals surface area contributed by atoms with Crippen LogP contribution in [-0.4, -0.2) is 0 Å². The summed E-state index contributed by atoms with van der Waals surface area (Å²) in [6, 6.07) is 0. The Bertz CT molecular complexity index is 232. The van der Waals surface area contributed by atoms with Crippen LogP contribution >= 0.6 is 0 Å². The van der Waals surface area contributed by atoms with Gasteiger partial charge < -0.3 is 0 Å². The molecule has 1 aliphatic carbocycles. The van der Waals surface area contributed by atoms with Gasteiger partial charge in [0.25, 0.3) is 0 Å². The van der Waals surface area contributed by atoms with Crippen LogP contribution in [0.4, 0.5) is 0 Å². The first-order chi connectivity index (χ1) is 4.59. The number of hydrogen-bond donors (Lipinski definition) is 0. The van der Waals surface area contributed by atoms with E-state index >= 15 is 0 Å². The molecule has 0 aromatic carbocycles. The molecule has 0 bridgehead atoms. The molecule has 0 radical (unpaired) electrons. The molecule has 0 unspecified atom stereocenters. The molecule has 0 N–H and O–H groups in total. The van der Waals surface area contributed by atoms with E-state index in [0.717, 1.165) is 0 Å². The Morgan fingerprint density at radius 2 is 1.64 bits per heavy atom. The van der Waals surface area contributed by atoms with Crippen molar-refractivity contribution in [1.82, 2.24) is 0 Å². The zero-order chi connectivity index (χ0) is 8.81. The van der Waals surface area contributed by atoms with Crippen LogP contribution in [0.5, 0.6) is 0 Å². The Kier molecular flexibility index (Phi) is 1.48. The molecule has 0 saturated heterocycles. The molecule has 0 spiro atoms. The fourth-order valence-corrected chi connectivity index (χ4v) is 4.60. The minimum atomic E-state index is -2.61. The molecule has 0 fully saturated rings. The first-order valence-electron chi connectivity index (χ1n) is 4.47. The summed E-state index contributed by atoms with van der Waals surface area (Å²) in [4.78, 5) is 0. The zero-order valence-corrected chi connectivity index (χ0v) is 10.0. The first-order valence-corrected chi connectivity index (χ1v) is 13.1. The average molecular weight is 188 g/mol. The van der Waals surface area contributed by atoms with Gasteiger partial charge in [0, 0.05) is 0 Å². The quantitative estimate of drug-likeness (QED) is 0.538. The Hall–Kier alpha value is 0.194. The summed E-state index contributed by atoms with van der Waals surface area (Å²) in [6.07, 6.45) is 7.98. The number of rotatable bonds is 1. The Balaban J connectivity index is 3.11. The standard InChI is InChI=1S/C5H5.5CH3.Ti/c1-2-4-5-3-1;;;;;;/h1-3H,4H2;5*1H3;. The summed E-state index contributed by atoms with van der Waals surface area (Å²) in [7, 11) is 0. The third-order valence-electron chi connectivity index (χ3n) is 2.38. The molecule has 0 nitrogen and oxygen atoms in total. The normalized spacial score (nSPS) is 24.3. The molecule has 0 saturated carbocycles. The van der Waals surface area contributed by atoms with Crippen LogP contribution in [0.1, 0.15) is 6.42 Å². The number of hydrogen-bond acceptors (Lipinski definition) is 0. The van der Waals surface area contributed by atoms with Gasteiger partial charge in [0.1, 0.15) is 0 Å². The van der Waals surface area contributed by atoms with Crippen LogP contribution in [0.25, 0.3) is 0 Å². The maximum absolute atomic E-state index is 2.61. The maximum atomic E-state index is 2.48. The van der Waals surface area contributed by atoms with E-state index in [9.17, 15) is 0 Å². The predicted octanol–water partition coefficient (Wildman–Crippen LogP) is 4.30. The van der Waals surface area contributed by atoms with E-state index in [2.05, 4.69) is 44.4 Å². The average Bonchev–Trinajstić information content (AvgIpc) is 2.01. The van der Waals surface area contributed by atoms with E-state index in [1.54, 1.807) is 3.88 Å². The first kappa shape index (κ1) is 9.28. The predicted molar refractivity (Wildman–Crippen MR) is 51.2 cm³/mol. The van der Waals surface area contributed by atoms with Crippen LogP contribution in [0.2, 0.25) is 26.1 Å². The van der Waals surface area contributed by atoms with E-state index in [1.807, 2.05) is 0 Å². The third-order valence-corrected chi connectivity index (χ3v) is 7.97. The van der Waals surface area contributed by atoms with Gasteiger partial charge in [-0.1, -0.05) is 0 Å². The minimum absolute atomic E-state index is 1.20. The molecule has 1 rings (SSSR count). The van der Waals surface area contributed by atoms with E-state index in [4.69, 9.17) is 0 Å². The summed E-state index contributed by atoms with van der Waals surface area (Å²) in [5, 5.41) is 12.4. The molecular weight excluding hydrogens is 168 g/mol. The fourth-order valence-electron chi connectivity index (χ4n) is 1.37. The Morgan fingerprint density at radius 3 is 1.82 bits per heavy atom. The van der Waals surface area contributed by atoms with Gasteiger partial charge in [0.05, 0.1) is 0 Å². The van der Waals surface area contributed by atoms with Crippen molar-refractivity contribution >= 4 is 0 Å². The topological polar surface area (TPSA) is 0 Å². The summed E-state index contributed by atoms with van der Waals surface area (Å²) in [5.41, 5.74) is 0. The van der Waals surface area contributed by atoms with Crippen LogP contribution in [0, 0.1) is 0 Å². The van der Waals surface area contributed by atoms with Gasteiger partial charge in [0.15, 0.2) is 0 Å². The van der Waals surface area contributed by atoms with Crippen molar-refractivity contribution in [2.45, 2.75) is 32.6 Å². The molecule has 11 heavy (non-hydrogen) atoms. The van der Waals surface area contributed by atoms with Crippen molar-refractivity contribution in [3.63, 3.8) is 0 Å². The summed E-state index contributed by atoms with van der Waals surface area (Å²) >= 11 is -2.61. The van der Waals surface area contributed by atoms with Crippen molar-refractivity contribution in [2.75, 3.05) is 0 Å². The van der Waals surface area contributed by atoms with Crippen molar-refractivity contribution in [2.24, 2.45) is 0 Å². The third kappa shape index (κ3) is 2.32. The SMILES string of the molecule is [CH3][Ti]([CH3])([CH3])([CH3])([CH3])[C]1=CC=CC1. The molecule has 0 aromatic rings. The zero-order valence-electron chi connectivity index (χ0n) is 8.44. The molecule has 0 aromatic heterocycles. The Morgan fingerprint density at radius 1 is 1.09 bits per heavy atom. The van der Waals surface area contributed by atoms with Crippen LogP contribution in [-0.2, 0) is 14.0 Å². The molecule has 0 atom stereocenters. The second-order valence-corrected chi connectivity index (χ2v) is 28.1. The van der Waals surface area contributed by atoms with E-state index in [0.29, 0.717) is 0 Å². The van der Waals surface area contributed by atoms with Crippen molar-refractivity contribution < 1.29 is 14.0 Å². The second-order valence-electron chi connectivity index (χ2n) is 7.57. The summed E-state index contributed by atoms with van der Waals surface area (Å²) in [6.45, 7) is 0. The van der Waals surface area contributed by atoms with Gasteiger partial charge >= 0.3 is 68.7 Å². The second kappa shape index (κ2) is 1.75. The van der Waals surface area contributed by atoms with Gasteiger partial charge in [-0.05, 0) is 0 Å². The fraction of sp³-hybridized carbons (Fsp3) is 0.600. The van der Waals surface area contributed by atoms with Gasteiger partial charge in [0.2, 0.25) is 0 Å². The van der Waals surface area contributed by atoms with Crippen molar-refractivity contribution in [1.29, 1.82) is 0 Å². The molecule has 0 heterocycles. The van der Waals surface area contributed by atoms with Crippen LogP contribution < -0.4 is 0 Å². The van der Waals surface area contributed by atoms with Crippen LogP contribution in [0.15, 0.2) is 22.1 Å². The molecule has 0 aliphatic heterocycles. The van der Waals surface area contributed by atoms with Crippen LogP contribution in [0.3, 0.4) is 0 Å². The molecular formula is C10H20Ti. The van der Waals surface area contributed by atoms with E-state index < -0.39 is 14.0 Å². The molecule has 1 aliphatic rings. The monoisotopic (exact) mass is 188 g/mol. The van der Waals surface area contributed by atoms with Gasteiger partial charge in [-0.25, -0.2) is 0 Å². The van der Waals surface area contributed by atoms with E-state index in [1.165, 1.54) is 6.42 Å². The van der Waals surface area contributed by atoms with Crippen molar-refractivity contribution in [3.05, 3.63) is 22.1 Å². The molecule has 0 amide bonds. The molecule has 1 heteroatoms. The van der Waals surface area contributed by atoms with Crippen molar-refractivity contribution in [3.8, 4) is 0 Å². The van der Waals surface area contributed by atoms with Gasteiger partial charge in [-0.15, -0.1) is 0 Å². The summed E-state index contributed by atoms with van der Waals surface area (Å²) < 4.78 is 1.70.